The van der Waals surface area contributed by atoms with Gasteiger partial charge in [-0.2, -0.15) is 0 Å². The number of thioether (sulfide) groups is 1. The molecule has 0 saturated heterocycles. The van der Waals surface area contributed by atoms with E-state index in [4.69, 9.17) is 10.7 Å². The van der Waals surface area contributed by atoms with Gasteiger partial charge in [-0.05, 0) is 73.3 Å². The van der Waals surface area contributed by atoms with E-state index in [9.17, 15) is 0 Å². The zero-order valence-electron chi connectivity index (χ0n) is 25.9. The number of aliphatic imine (C=N–C) groups is 2. The molecule has 0 spiro atoms. The first-order valence-corrected chi connectivity index (χ1v) is 15.6. The first kappa shape index (κ1) is 34.4. The van der Waals surface area contributed by atoms with Gasteiger partial charge >= 0.3 is 0 Å². The Morgan fingerprint density at radius 3 is 2.26 bits per heavy atom. The maximum atomic E-state index is 6.37. The summed E-state index contributed by atoms with van der Waals surface area (Å²) < 4.78 is 0. The van der Waals surface area contributed by atoms with Crippen LogP contribution in [-0.2, 0) is 0 Å². The van der Waals surface area contributed by atoms with Crippen LogP contribution in [0.25, 0.3) is 0 Å². The van der Waals surface area contributed by atoms with Crippen molar-refractivity contribution in [3.63, 3.8) is 0 Å². The maximum Gasteiger partial charge on any atom is 0.0754 e. The van der Waals surface area contributed by atoms with Crippen molar-refractivity contribution in [3.05, 3.63) is 93.6 Å². The molecular weight excluding hydrogens is 494 g/mol. The molecule has 3 nitrogen and oxygen atoms in total. The van der Waals surface area contributed by atoms with E-state index in [2.05, 4.69) is 68.4 Å². The summed E-state index contributed by atoms with van der Waals surface area (Å²) in [7, 11) is 0. The van der Waals surface area contributed by atoms with Gasteiger partial charge in [0.2, 0.25) is 0 Å². The molecule has 1 aromatic carbocycles. The van der Waals surface area contributed by atoms with Gasteiger partial charge in [-0.3, -0.25) is 9.98 Å². The molecule has 0 aromatic heterocycles. The zero-order valence-corrected chi connectivity index (χ0v) is 26.8. The highest BCUT2D eigenvalue weighted by Gasteiger charge is 2.20. The first-order chi connectivity index (χ1) is 18.8. The molecule has 2 N–H and O–H groups in total. The Bertz CT molecular complexity index is 1070. The summed E-state index contributed by atoms with van der Waals surface area (Å²) in [4.78, 5) is 12.2. The third-order valence-electron chi connectivity index (χ3n) is 7.03. The smallest absolute Gasteiger partial charge is 0.0754 e. The van der Waals surface area contributed by atoms with E-state index in [1.54, 1.807) is 6.20 Å². The normalized spacial score (nSPS) is 17.4. The molecule has 2 aliphatic carbocycles. The largest absolute Gasteiger partial charge is 0.402 e. The van der Waals surface area contributed by atoms with E-state index in [-0.39, 0.29) is 5.92 Å². The van der Waals surface area contributed by atoms with Crippen LogP contribution in [0.15, 0.2) is 92.4 Å². The Morgan fingerprint density at radius 1 is 1.10 bits per heavy atom. The Labute approximate surface area is 244 Å². The lowest BCUT2D eigenvalue weighted by Gasteiger charge is -2.20. The van der Waals surface area contributed by atoms with Gasteiger partial charge in [0.15, 0.2) is 0 Å². The fourth-order valence-electron chi connectivity index (χ4n) is 4.83. The molecule has 1 unspecified atom stereocenters. The van der Waals surface area contributed by atoms with Crippen LogP contribution in [0.1, 0.15) is 111 Å². The number of allylic oxidation sites excluding steroid dienone is 7. The molecule has 39 heavy (non-hydrogen) atoms. The molecule has 0 bridgehead atoms. The van der Waals surface area contributed by atoms with Gasteiger partial charge in [-0.15, -0.1) is 0 Å². The lowest BCUT2D eigenvalue weighted by molar-refractivity contribution is 0.564. The molecular formula is C35H53N3S. The molecule has 3 rings (SSSR count). The van der Waals surface area contributed by atoms with Crippen molar-refractivity contribution < 1.29 is 0 Å². The van der Waals surface area contributed by atoms with Crippen molar-refractivity contribution >= 4 is 23.2 Å². The highest BCUT2D eigenvalue weighted by atomic mass is 32.2. The van der Waals surface area contributed by atoms with Gasteiger partial charge in [0.25, 0.3) is 0 Å². The molecule has 1 atom stereocenters. The average Bonchev–Trinajstić information content (AvgIpc) is 3.48. The number of nitrogens with two attached hydrogens (primary N) is 1. The molecule has 214 valence electrons. The van der Waals surface area contributed by atoms with Crippen LogP contribution in [0.3, 0.4) is 0 Å². The minimum Gasteiger partial charge on any atom is -0.402 e. The number of hydrogen-bond donors (Lipinski definition) is 1. The molecule has 0 radical (unpaired) electrons. The summed E-state index contributed by atoms with van der Waals surface area (Å²) in [6.45, 7) is 25.4. The molecule has 1 fully saturated rings. The lowest BCUT2D eigenvalue weighted by atomic mass is 9.93. The van der Waals surface area contributed by atoms with E-state index in [0.717, 1.165) is 47.6 Å². The Hall–Kier alpha value is -2.59. The molecule has 0 aliphatic heterocycles. The summed E-state index contributed by atoms with van der Waals surface area (Å²) in [5.74, 6) is 0.919. The molecule has 1 aromatic rings. The molecule has 0 amide bonds. The van der Waals surface area contributed by atoms with E-state index < -0.39 is 0 Å². The summed E-state index contributed by atoms with van der Waals surface area (Å²) in [6.07, 6.45) is 13.4. The highest BCUT2D eigenvalue weighted by Crippen LogP contribution is 2.40. The Kier molecular flexibility index (Phi) is 16.5. The van der Waals surface area contributed by atoms with Crippen molar-refractivity contribution in [1.82, 2.24) is 0 Å². The summed E-state index contributed by atoms with van der Waals surface area (Å²) in [5, 5.41) is 0. The zero-order chi connectivity index (χ0) is 29.4. The van der Waals surface area contributed by atoms with Gasteiger partial charge in [0.05, 0.1) is 5.71 Å². The molecule has 0 heterocycles. The molecule has 1 saturated carbocycles. The van der Waals surface area contributed by atoms with Crippen molar-refractivity contribution in [1.29, 1.82) is 0 Å². The van der Waals surface area contributed by atoms with E-state index in [0.29, 0.717) is 5.92 Å². The van der Waals surface area contributed by atoms with Gasteiger partial charge in [0, 0.05) is 41.2 Å². The van der Waals surface area contributed by atoms with Gasteiger partial charge < -0.3 is 5.73 Å². The van der Waals surface area contributed by atoms with Crippen molar-refractivity contribution in [2.75, 3.05) is 6.54 Å². The summed E-state index contributed by atoms with van der Waals surface area (Å²) in [6, 6.07) is 8.77. The van der Waals surface area contributed by atoms with Crippen molar-refractivity contribution in [2.45, 2.75) is 99.8 Å². The second kappa shape index (κ2) is 18.7. The van der Waals surface area contributed by atoms with Gasteiger partial charge in [-0.25, -0.2) is 0 Å². The summed E-state index contributed by atoms with van der Waals surface area (Å²) >= 11 is 1.84. The van der Waals surface area contributed by atoms with Crippen molar-refractivity contribution in [3.8, 4) is 0 Å². The third kappa shape index (κ3) is 10.5. The van der Waals surface area contributed by atoms with Crippen LogP contribution in [-0.4, -0.2) is 18.0 Å². The van der Waals surface area contributed by atoms with Crippen LogP contribution >= 0.6 is 11.8 Å². The SMILES string of the molecule is C=CN=C(C)/C(C(=NCC1CCCC1)c1ccc(C(C)C(=C)SC2=C(C)C=CCC2)cc1)=C(\C)N.CC.CC. The monoisotopic (exact) mass is 547 g/mol. The molecule has 4 heteroatoms. The van der Waals surface area contributed by atoms with E-state index in [1.807, 2.05) is 53.3 Å². The number of benzene rings is 1. The fraction of sp³-hybridized carbons (Fsp3) is 0.486. The lowest BCUT2D eigenvalue weighted by Crippen LogP contribution is -2.18. The van der Waals surface area contributed by atoms with Crippen LogP contribution in [0, 0.1) is 5.92 Å². The van der Waals surface area contributed by atoms with Crippen LogP contribution < -0.4 is 5.73 Å². The molecule has 2 aliphatic rings. The second-order valence-corrected chi connectivity index (χ2v) is 11.0. The third-order valence-corrected chi connectivity index (χ3v) is 8.42. The Morgan fingerprint density at radius 2 is 1.72 bits per heavy atom. The highest BCUT2D eigenvalue weighted by molar-refractivity contribution is 8.06. The Balaban J connectivity index is 0.00000181. The maximum absolute atomic E-state index is 6.37. The minimum atomic E-state index is 0.259. The van der Waals surface area contributed by atoms with Gasteiger partial charge in [-0.1, -0.05) is 109 Å². The van der Waals surface area contributed by atoms with E-state index in [1.165, 1.54) is 46.6 Å². The van der Waals surface area contributed by atoms with Crippen molar-refractivity contribution in [2.24, 2.45) is 21.6 Å². The van der Waals surface area contributed by atoms with Gasteiger partial charge in [0.1, 0.15) is 0 Å². The van der Waals surface area contributed by atoms with Crippen LogP contribution in [0.4, 0.5) is 0 Å². The average molecular weight is 548 g/mol. The number of rotatable bonds is 10. The quantitative estimate of drug-likeness (QED) is 0.296. The summed E-state index contributed by atoms with van der Waals surface area (Å²) in [5.41, 5.74) is 13.5. The minimum absolute atomic E-state index is 0.259. The standard InChI is InChI=1S/C31H41N3S.2C2H6/c1-7-33-24(5)30(23(4)32)31(34-20-26-13-9-10-14-26)28-18-16-27(17-19-28)22(3)25(6)35-29-15-11-8-12-21(29)2;2*1-2/h7-8,12,16-19,22,26H,1,6,9-11,13-15,20,32H2,2-5H3;2*1-2H3/b30-23-,33-24?,34-31?;;. The number of nitrogens with zero attached hydrogens (tertiary/aromatic N) is 2. The van der Waals surface area contributed by atoms with E-state index >= 15 is 0 Å². The van der Waals surface area contributed by atoms with Crippen LogP contribution in [0.5, 0.6) is 0 Å². The predicted molar refractivity (Wildman–Crippen MR) is 179 cm³/mol. The van der Waals surface area contributed by atoms with Crippen LogP contribution in [0.2, 0.25) is 0 Å². The fourth-order valence-corrected chi connectivity index (χ4v) is 5.91. The number of hydrogen-bond acceptors (Lipinski definition) is 4. The second-order valence-electron chi connectivity index (χ2n) is 9.75. The first-order valence-electron chi connectivity index (χ1n) is 14.8. The topological polar surface area (TPSA) is 50.7 Å². The predicted octanol–water partition coefficient (Wildman–Crippen LogP) is 10.5.